The van der Waals surface area contributed by atoms with E-state index in [2.05, 4.69) is 20.7 Å². The van der Waals surface area contributed by atoms with Gasteiger partial charge in [0, 0.05) is 25.1 Å². The topological polar surface area (TPSA) is 55.4 Å². The fraction of sp³-hybridized carbons (Fsp3) is 0.571. The molecule has 0 spiro atoms. The second kappa shape index (κ2) is 7.54. The molecule has 1 aromatic rings. The minimum absolute atomic E-state index is 0.307. The third-order valence-electron chi connectivity index (χ3n) is 3.20. The van der Waals surface area contributed by atoms with Gasteiger partial charge in [-0.3, -0.25) is 0 Å². The van der Waals surface area contributed by atoms with Gasteiger partial charge in [0.05, 0.1) is 4.90 Å². The van der Waals surface area contributed by atoms with Gasteiger partial charge >= 0.3 is 0 Å². The number of hydrogen-bond donors (Lipinski definition) is 1. The molecule has 0 saturated heterocycles. The fourth-order valence-electron chi connectivity index (χ4n) is 1.76. The monoisotopic (exact) mass is 361 g/mol. The number of hydrogen-bond acceptors (Lipinski definition) is 3. The van der Waals surface area contributed by atoms with Crippen LogP contribution in [0.3, 0.4) is 0 Å². The van der Waals surface area contributed by atoms with Gasteiger partial charge in [-0.1, -0.05) is 28.1 Å². The molecular weight excluding hydrogens is 342 g/mol. The van der Waals surface area contributed by atoms with Crippen molar-refractivity contribution in [2.24, 2.45) is 5.92 Å². The van der Waals surface area contributed by atoms with Gasteiger partial charge < -0.3 is 4.74 Å². The molecule has 20 heavy (non-hydrogen) atoms. The van der Waals surface area contributed by atoms with E-state index < -0.39 is 10.0 Å². The third-order valence-corrected chi connectivity index (χ3v) is 5.32. The zero-order valence-corrected chi connectivity index (χ0v) is 13.7. The first kappa shape index (κ1) is 15.9. The van der Waals surface area contributed by atoms with Gasteiger partial charge in [0.2, 0.25) is 10.0 Å². The van der Waals surface area contributed by atoms with Crippen molar-refractivity contribution in [2.75, 3.05) is 19.8 Å². The average Bonchev–Trinajstić information content (AvgIpc) is 3.27. The summed E-state index contributed by atoms with van der Waals surface area (Å²) in [4.78, 5) is 0.307. The minimum Gasteiger partial charge on any atom is -0.381 e. The molecule has 0 heterocycles. The summed E-state index contributed by atoms with van der Waals surface area (Å²) in [5, 5.41) is 0.721. The lowest BCUT2D eigenvalue weighted by Gasteiger charge is -2.07. The van der Waals surface area contributed by atoms with Gasteiger partial charge in [-0.15, -0.1) is 0 Å². The molecule has 0 amide bonds. The summed E-state index contributed by atoms with van der Waals surface area (Å²) in [6.45, 7) is 1.84. The van der Waals surface area contributed by atoms with Crippen LogP contribution in [-0.2, 0) is 20.1 Å². The zero-order valence-electron chi connectivity index (χ0n) is 11.3. The highest BCUT2D eigenvalue weighted by atomic mass is 79.9. The van der Waals surface area contributed by atoms with E-state index in [9.17, 15) is 8.42 Å². The summed E-state index contributed by atoms with van der Waals surface area (Å²) in [6.07, 6.45) is 3.25. The Morgan fingerprint density at radius 3 is 2.55 bits per heavy atom. The molecule has 1 N–H and O–H groups in total. The summed E-state index contributed by atoms with van der Waals surface area (Å²) in [7, 11) is -3.40. The quantitative estimate of drug-likeness (QED) is 0.543. The molecule has 0 bridgehead atoms. The summed E-state index contributed by atoms with van der Waals surface area (Å²) >= 11 is 3.33. The smallest absolute Gasteiger partial charge is 0.240 e. The fourth-order valence-corrected chi connectivity index (χ4v) is 3.20. The van der Waals surface area contributed by atoms with Gasteiger partial charge in [-0.2, -0.15) is 0 Å². The van der Waals surface area contributed by atoms with Crippen LogP contribution in [0.5, 0.6) is 0 Å². The normalized spacial score (nSPS) is 15.4. The van der Waals surface area contributed by atoms with Gasteiger partial charge in [0.1, 0.15) is 0 Å². The van der Waals surface area contributed by atoms with E-state index in [1.165, 1.54) is 12.8 Å². The highest BCUT2D eigenvalue weighted by molar-refractivity contribution is 9.08. The van der Waals surface area contributed by atoms with Crippen LogP contribution in [0, 0.1) is 5.92 Å². The molecule has 6 heteroatoms. The Labute approximate surface area is 129 Å². The van der Waals surface area contributed by atoms with Crippen molar-refractivity contribution in [3.05, 3.63) is 29.8 Å². The first-order valence-corrected chi connectivity index (χ1v) is 9.44. The number of nitrogens with one attached hydrogen (secondary N) is 1. The molecule has 1 aromatic carbocycles. The lowest BCUT2D eigenvalue weighted by atomic mass is 10.2. The van der Waals surface area contributed by atoms with E-state index in [4.69, 9.17) is 4.74 Å². The molecule has 2 rings (SSSR count). The Morgan fingerprint density at radius 1 is 1.25 bits per heavy atom. The number of sulfonamides is 1. The summed E-state index contributed by atoms with van der Waals surface area (Å²) in [5.74, 6) is 0.750. The van der Waals surface area contributed by atoms with Crippen LogP contribution in [0.15, 0.2) is 29.2 Å². The lowest BCUT2D eigenvalue weighted by molar-refractivity contribution is 0.123. The number of alkyl halides is 1. The van der Waals surface area contributed by atoms with E-state index in [0.29, 0.717) is 24.5 Å². The maximum atomic E-state index is 12.0. The van der Waals surface area contributed by atoms with Crippen LogP contribution in [0.25, 0.3) is 0 Å². The van der Waals surface area contributed by atoms with Crippen molar-refractivity contribution in [3.8, 4) is 0 Å². The Morgan fingerprint density at radius 2 is 1.95 bits per heavy atom. The maximum Gasteiger partial charge on any atom is 0.240 e. The first-order valence-electron chi connectivity index (χ1n) is 6.84. The SMILES string of the molecule is O=S(=O)(NCCCOCC1CC1)c1ccc(CBr)cc1. The van der Waals surface area contributed by atoms with Gasteiger partial charge in [0.25, 0.3) is 0 Å². The highest BCUT2D eigenvalue weighted by Gasteiger charge is 2.20. The third kappa shape index (κ3) is 5.16. The van der Waals surface area contributed by atoms with Gasteiger partial charge in [-0.05, 0) is 42.9 Å². The van der Waals surface area contributed by atoms with Crippen LogP contribution in [0.2, 0.25) is 0 Å². The predicted molar refractivity (Wildman–Crippen MR) is 82.4 cm³/mol. The van der Waals surface area contributed by atoms with E-state index in [-0.39, 0.29) is 0 Å². The van der Waals surface area contributed by atoms with Crippen molar-refractivity contribution in [1.29, 1.82) is 0 Å². The zero-order chi connectivity index (χ0) is 14.4. The van der Waals surface area contributed by atoms with Crippen molar-refractivity contribution in [2.45, 2.75) is 29.5 Å². The van der Waals surface area contributed by atoms with Crippen LogP contribution >= 0.6 is 15.9 Å². The van der Waals surface area contributed by atoms with Crippen molar-refractivity contribution in [1.82, 2.24) is 4.72 Å². The number of benzene rings is 1. The molecular formula is C14H20BrNO3S. The lowest BCUT2D eigenvalue weighted by Crippen LogP contribution is -2.25. The molecule has 0 aliphatic heterocycles. The molecule has 0 aromatic heterocycles. The maximum absolute atomic E-state index is 12.0. The largest absolute Gasteiger partial charge is 0.381 e. The number of halogens is 1. The molecule has 1 aliphatic rings. The second-order valence-electron chi connectivity index (χ2n) is 5.05. The number of ether oxygens (including phenoxy) is 1. The average molecular weight is 362 g/mol. The molecule has 0 unspecified atom stereocenters. The Kier molecular flexibility index (Phi) is 6.01. The molecule has 0 atom stereocenters. The minimum atomic E-state index is -3.40. The highest BCUT2D eigenvalue weighted by Crippen LogP contribution is 2.28. The summed E-state index contributed by atoms with van der Waals surface area (Å²) < 4.78 is 32.1. The first-order chi connectivity index (χ1) is 9.62. The van der Waals surface area contributed by atoms with E-state index in [1.807, 2.05) is 12.1 Å². The Hall–Kier alpha value is -0.430. The Balaban J connectivity index is 1.71. The molecule has 1 fully saturated rings. The molecule has 112 valence electrons. The van der Waals surface area contributed by atoms with Crippen LogP contribution in [0.4, 0.5) is 0 Å². The van der Waals surface area contributed by atoms with E-state index in [1.54, 1.807) is 12.1 Å². The number of rotatable bonds is 9. The van der Waals surface area contributed by atoms with E-state index in [0.717, 1.165) is 23.4 Å². The Bertz CT molecular complexity index is 512. The van der Waals surface area contributed by atoms with Gasteiger partial charge in [0.15, 0.2) is 0 Å². The van der Waals surface area contributed by atoms with Crippen molar-refractivity contribution < 1.29 is 13.2 Å². The van der Waals surface area contributed by atoms with Crippen LogP contribution in [-0.4, -0.2) is 28.2 Å². The molecule has 4 nitrogen and oxygen atoms in total. The van der Waals surface area contributed by atoms with Crippen LogP contribution < -0.4 is 4.72 Å². The van der Waals surface area contributed by atoms with E-state index >= 15 is 0 Å². The predicted octanol–water partition coefficient (Wildman–Crippen LogP) is 2.68. The standard InChI is InChI=1S/C14H20BrNO3S/c15-10-12-4-6-14(7-5-12)20(17,18)16-8-1-9-19-11-13-2-3-13/h4-7,13,16H,1-3,8-11H2. The van der Waals surface area contributed by atoms with Crippen LogP contribution in [0.1, 0.15) is 24.8 Å². The second-order valence-corrected chi connectivity index (χ2v) is 7.37. The summed E-state index contributed by atoms with van der Waals surface area (Å²) in [6, 6.07) is 6.87. The molecule has 0 radical (unpaired) electrons. The summed E-state index contributed by atoms with van der Waals surface area (Å²) in [5.41, 5.74) is 1.05. The van der Waals surface area contributed by atoms with Crippen molar-refractivity contribution in [3.63, 3.8) is 0 Å². The molecule has 1 aliphatic carbocycles. The van der Waals surface area contributed by atoms with Crippen molar-refractivity contribution >= 4 is 26.0 Å². The van der Waals surface area contributed by atoms with Gasteiger partial charge in [-0.25, -0.2) is 13.1 Å². The molecule has 1 saturated carbocycles.